The van der Waals surface area contributed by atoms with E-state index in [1.807, 2.05) is 20.8 Å². The molecule has 2 rings (SSSR count). The molecule has 2 aliphatic rings. The monoisotopic (exact) mass is 168 g/mol. The van der Waals surface area contributed by atoms with Crippen molar-refractivity contribution in [1.82, 2.24) is 0 Å². The van der Waals surface area contributed by atoms with E-state index in [0.717, 1.165) is 6.42 Å². The molecule has 0 aliphatic heterocycles. The number of hydrogen-bond donors (Lipinski definition) is 1. The summed E-state index contributed by atoms with van der Waals surface area (Å²) < 4.78 is 0. The molecule has 2 fully saturated rings. The first kappa shape index (κ1) is 8.24. The molecule has 68 valence electrons. The van der Waals surface area contributed by atoms with Crippen molar-refractivity contribution >= 4 is 5.78 Å². The maximum absolute atomic E-state index is 11.4. The Morgan fingerprint density at radius 3 is 2.42 bits per heavy atom. The largest absolute Gasteiger partial charge is 0.390 e. The lowest BCUT2D eigenvalue weighted by atomic mass is 9.85. The maximum atomic E-state index is 11.4. The number of hydrogen-bond acceptors (Lipinski definition) is 2. The Kier molecular flexibility index (Phi) is 1.32. The molecule has 0 aromatic heterocycles. The molecule has 2 heteroatoms. The molecule has 0 aromatic carbocycles. The summed E-state index contributed by atoms with van der Waals surface area (Å²) in [7, 11) is 0. The maximum Gasteiger partial charge on any atom is 0.136 e. The van der Waals surface area contributed by atoms with Crippen LogP contribution in [0, 0.1) is 17.3 Å². The van der Waals surface area contributed by atoms with Gasteiger partial charge in [-0.3, -0.25) is 4.79 Å². The average molecular weight is 168 g/mol. The summed E-state index contributed by atoms with van der Waals surface area (Å²) in [5, 5.41) is 9.90. The number of aliphatic hydroxyl groups is 1. The molecule has 12 heavy (non-hydrogen) atoms. The fourth-order valence-corrected chi connectivity index (χ4v) is 2.81. The number of rotatable bonds is 1. The number of ketones is 1. The molecule has 0 radical (unpaired) electrons. The third-order valence-electron chi connectivity index (χ3n) is 3.95. The summed E-state index contributed by atoms with van der Waals surface area (Å²) >= 11 is 0. The van der Waals surface area contributed by atoms with E-state index >= 15 is 0 Å². The second kappa shape index (κ2) is 1.92. The minimum absolute atomic E-state index is 0.0521. The highest BCUT2D eigenvalue weighted by Crippen LogP contribution is 2.69. The van der Waals surface area contributed by atoms with Crippen LogP contribution < -0.4 is 0 Å². The molecule has 0 aromatic rings. The van der Waals surface area contributed by atoms with E-state index in [9.17, 15) is 9.90 Å². The molecular weight excluding hydrogens is 152 g/mol. The van der Waals surface area contributed by atoms with E-state index < -0.39 is 5.60 Å². The summed E-state index contributed by atoms with van der Waals surface area (Å²) in [5.74, 6) is 0.995. The molecule has 0 bridgehead atoms. The predicted molar refractivity (Wildman–Crippen MR) is 45.6 cm³/mol. The Hall–Kier alpha value is -0.370. The molecule has 1 N–H and O–H groups in total. The minimum atomic E-state index is -0.669. The van der Waals surface area contributed by atoms with Gasteiger partial charge in [0.15, 0.2) is 0 Å². The van der Waals surface area contributed by atoms with Crippen molar-refractivity contribution in [3.8, 4) is 0 Å². The molecule has 2 aliphatic carbocycles. The van der Waals surface area contributed by atoms with Gasteiger partial charge in [0.1, 0.15) is 5.78 Å². The highest BCUT2D eigenvalue weighted by molar-refractivity contribution is 5.86. The number of Topliss-reactive ketones (excluding diaryl/α,β-unsaturated/α-hetero) is 1. The molecule has 0 saturated heterocycles. The Bertz CT molecular complexity index is 239. The highest BCUT2D eigenvalue weighted by atomic mass is 16.3. The van der Waals surface area contributed by atoms with Gasteiger partial charge in [-0.25, -0.2) is 0 Å². The van der Waals surface area contributed by atoms with E-state index in [-0.39, 0.29) is 11.3 Å². The van der Waals surface area contributed by atoms with Gasteiger partial charge in [0, 0.05) is 17.8 Å². The standard InChI is InChI=1S/C10H16O2/c1-6-7-4-10(7,5-8(6)11)9(2,3)12/h6-7,12H,4-5H2,1-3H3/t6-,7+,10+/m0/s1. The van der Waals surface area contributed by atoms with E-state index in [1.54, 1.807) is 0 Å². The van der Waals surface area contributed by atoms with Crippen LogP contribution in [0.1, 0.15) is 33.6 Å². The van der Waals surface area contributed by atoms with Crippen molar-refractivity contribution in [2.75, 3.05) is 0 Å². The van der Waals surface area contributed by atoms with Gasteiger partial charge in [0.2, 0.25) is 0 Å². The second-order valence-corrected chi connectivity index (χ2v) is 4.96. The van der Waals surface area contributed by atoms with Crippen LogP contribution in [0.15, 0.2) is 0 Å². The first-order chi connectivity index (χ1) is 5.38. The molecule has 2 nitrogen and oxygen atoms in total. The summed E-state index contributed by atoms with van der Waals surface area (Å²) in [5.41, 5.74) is -0.721. The van der Waals surface area contributed by atoms with Crippen molar-refractivity contribution in [3.63, 3.8) is 0 Å². The number of carbonyl (C=O) groups is 1. The topological polar surface area (TPSA) is 37.3 Å². The zero-order valence-electron chi connectivity index (χ0n) is 7.92. The smallest absolute Gasteiger partial charge is 0.136 e. The minimum Gasteiger partial charge on any atom is -0.390 e. The second-order valence-electron chi connectivity index (χ2n) is 4.96. The molecule has 0 unspecified atom stereocenters. The van der Waals surface area contributed by atoms with Gasteiger partial charge in [-0.1, -0.05) is 6.92 Å². The quantitative estimate of drug-likeness (QED) is 0.642. The van der Waals surface area contributed by atoms with Gasteiger partial charge in [-0.05, 0) is 26.2 Å². The van der Waals surface area contributed by atoms with E-state index in [2.05, 4.69) is 0 Å². The van der Waals surface area contributed by atoms with Gasteiger partial charge in [0.05, 0.1) is 5.60 Å². The van der Waals surface area contributed by atoms with Crippen molar-refractivity contribution in [2.24, 2.45) is 17.3 Å². The predicted octanol–water partition coefficient (Wildman–Crippen LogP) is 1.37. The average Bonchev–Trinajstić information content (AvgIpc) is 2.55. The van der Waals surface area contributed by atoms with Crippen molar-refractivity contribution in [2.45, 2.75) is 39.2 Å². The van der Waals surface area contributed by atoms with Gasteiger partial charge in [-0.15, -0.1) is 0 Å². The SMILES string of the molecule is C[C@@H]1C(=O)C[C@]2(C(C)(C)O)C[C@H]12. The Balaban J connectivity index is 2.26. The Labute approximate surface area is 73.0 Å². The number of carbonyl (C=O) groups excluding carboxylic acids is 1. The molecule has 3 atom stereocenters. The third-order valence-corrected chi connectivity index (χ3v) is 3.95. The molecular formula is C10H16O2. The molecule has 2 saturated carbocycles. The van der Waals surface area contributed by atoms with Crippen LogP contribution in [0.4, 0.5) is 0 Å². The lowest BCUT2D eigenvalue weighted by Gasteiger charge is -2.27. The molecule has 0 heterocycles. The van der Waals surface area contributed by atoms with E-state index in [0.29, 0.717) is 18.1 Å². The lowest BCUT2D eigenvalue weighted by molar-refractivity contribution is -0.122. The van der Waals surface area contributed by atoms with Crippen molar-refractivity contribution in [3.05, 3.63) is 0 Å². The third kappa shape index (κ3) is 0.764. The van der Waals surface area contributed by atoms with Crippen LogP contribution in [0.2, 0.25) is 0 Å². The van der Waals surface area contributed by atoms with Crippen LogP contribution in [0.5, 0.6) is 0 Å². The summed E-state index contributed by atoms with van der Waals surface area (Å²) in [6.45, 7) is 5.66. The first-order valence-electron chi connectivity index (χ1n) is 4.63. The van der Waals surface area contributed by atoms with Crippen LogP contribution in [-0.2, 0) is 4.79 Å². The Morgan fingerprint density at radius 2 is 2.17 bits per heavy atom. The molecule has 0 spiro atoms. The fraction of sp³-hybridized carbons (Fsp3) is 0.900. The summed E-state index contributed by atoms with van der Waals surface area (Å²) in [6, 6.07) is 0. The van der Waals surface area contributed by atoms with Gasteiger partial charge in [-0.2, -0.15) is 0 Å². The van der Waals surface area contributed by atoms with Crippen LogP contribution in [-0.4, -0.2) is 16.5 Å². The summed E-state index contributed by atoms with van der Waals surface area (Å²) in [6.07, 6.45) is 1.64. The normalized spacial score (nSPS) is 46.2. The zero-order chi connectivity index (χ0) is 9.15. The van der Waals surface area contributed by atoms with Gasteiger partial charge < -0.3 is 5.11 Å². The highest BCUT2D eigenvalue weighted by Gasteiger charge is 2.69. The van der Waals surface area contributed by atoms with Crippen molar-refractivity contribution < 1.29 is 9.90 Å². The summed E-state index contributed by atoms with van der Waals surface area (Å²) in [4.78, 5) is 11.4. The van der Waals surface area contributed by atoms with Crippen molar-refractivity contribution in [1.29, 1.82) is 0 Å². The van der Waals surface area contributed by atoms with E-state index in [1.165, 1.54) is 0 Å². The zero-order valence-corrected chi connectivity index (χ0v) is 7.92. The number of fused-ring (bicyclic) bond motifs is 1. The first-order valence-corrected chi connectivity index (χ1v) is 4.63. The van der Waals surface area contributed by atoms with E-state index in [4.69, 9.17) is 0 Å². The van der Waals surface area contributed by atoms with Crippen LogP contribution >= 0.6 is 0 Å². The van der Waals surface area contributed by atoms with Crippen LogP contribution in [0.3, 0.4) is 0 Å². The van der Waals surface area contributed by atoms with Gasteiger partial charge >= 0.3 is 0 Å². The lowest BCUT2D eigenvalue weighted by Crippen LogP contribution is -2.33. The van der Waals surface area contributed by atoms with Gasteiger partial charge in [0.25, 0.3) is 0 Å². The van der Waals surface area contributed by atoms with Crippen LogP contribution in [0.25, 0.3) is 0 Å². The molecule has 0 amide bonds. The fourth-order valence-electron chi connectivity index (χ4n) is 2.81. The Morgan fingerprint density at radius 1 is 1.58 bits per heavy atom.